The van der Waals surface area contributed by atoms with Crippen molar-refractivity contribution in [3.63, 3.8) is 0 Å². The van der Waals surface area contributed by atoms with Crippen LogP contribution in [-0.4, -0.2) is 46.5 Å². The van der Waals surface area contributed by atoms with Gasteiger partial charge < -0.3 is 15.0 Å². The molecule has 6 heteroatoms. The van der Waals surface area contributed by atoms with Crippen LogP contribution in [0, 0.1) is 24.7 Å². The van der Waals surface area contributed by atoms with Gasteiger partial charge in [-0.25, -0.2) is 4.79 Å². The second kappa shape index (κ2) is 7.82. The molecule has 2 heterocycles. The van der Waals surface area contributed by atoms with Gasteiger partial charge in [-0.1, -0.05) is 18.2 Å². The molecule has 2 aromatic rings. The number of anilines is 1. The average molecular weight is 395 g/mol. The summed E-state index contributed by atoms with van der Waals surface area (Å²) in [6.45, 7) is 4.59. The Morgan fingerprint density at radius 2 is 1.93 bits per heavy atom. The van der Waals surface area contributed by atoms with Crippen LogP contribution in [-0.2, 0) is 4.74 Å². The van der Waals surface area contributed by atoms with Crippen molar-refractivity contribution in [2.75, 3.05) is 25.0 Å². The van der Waals surface area contributed by atoms with Crippen LogP contribution >= 0.6 is 0 Å². The van der Waals surface area contributed by atoms with Crippen LogP contribution in [0.1, 0.15) is 37.3 Å². The van der Waals surface area contributed by atoms with Crippen LogP contribution in [0.25, 0.3) is 0 Å². The van der Waals surface area contributed by atoms with E-state index < -0.39 is 0 Å². The van der Waals surface area contributed by atoms with E-state index >= 15 is 0 Å². The number of carbonyl (C=O) groups excluding carboxylic acids is 1. The number of nitrogens with zero attached hydrogens (tertiary/aromatic N) is 3. The lowest BCUT2D eigenvalue weighted by atomic mass is 9.77. The van der Waals surface area contributed by atoms with Crippen molar-refractivity contribution < 1.29 is 9.53 Å². The Labute approximate surface area is 172 Å². The molecule has 3 aliphatic rings. The number of para-hydroxylation sites is 1. The smallest absolute Gasteiger partial charge is 0.321 e. The van der Waals surface area contributed by atoms with Gasteiger partial charge in [0.25, 0.3) is 0 Å². The van der Waals surface area contributed by atoms with Crippen molar-refractivity contribution in [3.05, 3.63) is 48.3 Å². The fourth-order valence-corrected chi connectivity index (χ4v) is 4.90. The Hall–Kier alpha value is -2.34. The van der Waals surface area contributed by atoms with Crippen molar-refractivity contribution in [1.82, 2.24) is 14.7 Å². The first kappa shape index (κ1) is 18.7. The zero-order valence-corrected chi connectivity index (χ0v) is 17.0. The summed E-state index contributed by atoms with van der Waals surface area (Å²) in [5, 5.41) is 7.64. The first-order valence-electron chi connectivity index (χ1n) is 10.9. The number of benzene rings is 1. The van der Waals surface area contributed by atoms with Gasteiger partial charge >= 0.3 is 6.03 Å². The highest BCUT2D eigenvalue weighted by molar-refractivity contribution is 5.89. The summed E-state index contributed by atoms with van der Waals surface area (Å²) in [5.74, 6) is 1.77. The largest absolute Gasteiger partial charge is 0.376 e. The molecule has 3 fully saturated rings. The minimum absolute atomic E-state index is 0.00697. The number of amides is 2. The van der Waals surface area contributed by atoms with E-state index in [9.17, 15) is 4.79 Å². The SMILES string of the molecule is Cc1cnn([C@H]2C[C@H]3CN(C(=O)Nc4ccccc4)C[C@H]3C[C@@H]2OCC2CC2)c1. The van der Waals surface area contributed by atoms with Gasteiger partial charge in [-0.05, 0) is 68.1 Å². The molecule has 29 heavy (non-hydrogen) atoms. The summed E-state index contributed by atoms with van der Waals surface area (Å²) in [6, 6.07) is 9.97. The highest BCUT2D eigenvalue weighted by Crippen LogP contribution is 2.43. The fourth-order valence-electron chi connectivity index (χ4n) is 4.90. The third kappa shape index (κ3) is 4.17. The number of fused-ring (bicyclic) bond motifs is 1. The van der Waals surface area contributed by atoms with Gasteiger partial charge in [0.05, 0.1) is 18.3 Å². The van der Waals surface area contributed by atoms with Crippen LogP contribution in [0.3, 0.4) is 0 Å². The Morgan fingerprint density at radius 3 is 2.62 bits per heavy atom. The highest BCUT2D eigenvalue weighted by atomic mass is 16.5. The monoisotopic (exact) mass is 394 g/mol. The number of nitrogens with one attached hydrogen (secondary N) is 1. The molecule has 1 N–H and O–H groups in total. The number of hydrogen-bond acceptors (Lipinski definition) is 3. The molecule has 2 aliphatic carbocycles. The van der Waals surface area contributed by atoms with Crippen molar-refractivity contribution in [3.8, 4) is 0 Å². The first-order valence-corrected chi connectivity index (χ1v) is 10.9. The zero-order valence-electron chi connectivity index (χ0n) is 17.0. The summed E-state index contributed by atoms with van der Waals surface area (Å²) in [5.41, 5.74) is 2.03. The molecule has 1 aromatic carbocycles. The van der Waals surface area contributed by atoms with Crippen LogP contribution in [0.2, 0.25) is 0 Å². The number of rotatable bonds is 5. The number of ether oxygens (including phenoxy) is 1. The summed E-state index contributed by atoms with van der Waals surface area (Å²) in [7, 11) is 0. The van der Waals surface area contributed by atoms with E-state index in [0.29, 0.717) is 11.8 Å². The number of hydrogen-bond donors (Lipinski definition) is 1. The molecule has 5 rings (SSSR count). The van der Waals surface area contributed by atoms with E-state index in [1.54, 1.807) is 0 Å². The molecule has 2 amide bonds. The molecule has 0 bridgehead atoms. The Morgan fingerprint density at radius 1 is 1.17 bits per heavy atom. The first-order chi connectivity index (χ1) is 14.2. The summed E-state index contributed by atoms with van der Waals surface area (Å²) in [4.78, 5) is 14.8. The summed E-state index contributed by atoms with van der Waals surface area (Å²) < 4.78 is 8.51. The van der Waals surface area contributed by atoms with Crippen molar-refractivity contribution >= 4 is 11.7 Å². The molecular formula is C23H30N4O2. The third-order valence-electron chi connectivity index (χ3n) is 6.71. The fraction of sp³-hybridized carbons (Fsp3) is 0.565. The predicted octanol–water partition coefficient (Wildman–Crippen LogP) is 4.10. The lowest BCUT2D eigenvalue weighted by Crippen LogP contribution is -2.38. The number of aryl methyl sites for hydroxylation is 1. The third-order valence-corrected chi connectivity index (χ3v) is 6.71. The number of carbonyl (C=O) groups is 1. The van der Waals surface area contributed by atoms with E-state index in [2.05, 4.69) is 28.2 Å². The molecule has 0 radical (unpaired) electrons. The van der Waals surface area contributed by atoms with E-state index in [0.717, 1.165) is 44.1 Å². The Balaban J connectivity index is 1.27. The van der Waals surface area contributed by atoms with Gasteiger partial charge in [0.2, 0.25) is 0 Å². The standard InChI is InChI=1S/C23H30N4O2/c1-16-11-24-27(12-16)21-9-18-13-26(23(28)25-20-5-3-2-4-6-20)14-19(18)10-22(21)29-15-17-7-8-17/h2-6,11-12,17-19,21-22H,7-10,13-15H2,1H3,(H,25,28)/t18-,19+,21-,22-/m0/s1. The maximum absolute atomic E-state index is 12.8. The normalized spacial score (nSPS) is 28.9. The molecule has 1 aromatic heterocycles. The predicted molar refractivity (Wildman–Crippen MR) is 112 cm³/mol. The van der Waals surface area contributed by atoms with Crippen LogP contribution in [0.4, 0.5) is 10.5 Å². The van der Waals surface area contributed by atoms with Gasteiger partial charge in [0.15, 0.2) is 0 Å². The van der Waals surface area contributed by atoms with E-state index in [4.69, 9.17) is 4.74 Å². The molecule has 154 valence electrons. The van der Waals surface area contributed by atoms with Crippen LogP contribution in [0.5, 0.6) is 0 Å². The quantitative estimate of drug-likeness (QED) is 0.831. The number of urea groups is 1. The van der Waals surface area contributed by atoms with Gasteiger partial charge in [-0.3, -0.25) is 4.68 Å². The molecule has 0 unspecified atom stereocenters. The number of aromatic nitrogens is 2. The summed E-state index contributed by atoms with van der Waals surface area (Å²) >= 11 is 0. The molecule has 2 saturated carbocycles. The van der Waals surface area contributed by atoms with Gasteiger partial charge in [0.1, 0.15) is 0 Å². The van der Waals surface area contributed by atoms with Gasteiger partial charge in [0, 0.05) is 31.6 Å². The van der Waals surface area contributed by atoms with Crippen molar-refractivity contribution in [2.24, 2.45) is 17.8 Å². The van der Waals surface area contributed by atoms with Crippen molar-refractivity contribution in [1.29, 1.82) is 0 Å². The van der Waals surface area contributed by atoms with E-state index in [-0.39, 0.29) is 18.2 Å². The number of likely N-dealkylation sites (tertiary alicyclic amines) is 1. The molecule has 1 saturated heterocycles. The average Bonchev–Trinajstić information content (AvgIpc) is 3.30. The van der Waals surface area contributed by atoms with Crippen LogP contribution in [0.15, 0.2) is 42.7 Å². The lowest BCUT2D eigenvalue weighted by Gasteiger charge is -2.37. The molecule has 1 aliphatic heterocycles. The Bertz CT molecular complexity index is 848. The maximum atomic E-state index is 12.8. The zero-order chi connectivity index (χ0) is 19.8. The lowest BCUT2D eigenvalue weighted by molar-refractivity contribution is -0.0371. The maximum Gasteiger partial charge on any atom is 0.321 e. The molecule has 0 spiro atoms. The van der Waals surface area contributed by atoms with Gasteiger partial charge in [-0.15, -0.1) is 0 Å². The molecule has 4 atom stereocenters. The molecular weight excluding hydrogens is 364 g/mol. The minimum Gasteiger partial charge on any atom is -0.376 e. The van der Waals surface area contributed by atoms with E-state index in [1.807, 2.05) is 41.4 Å². The highest BCUT2D eigenvalue weighted by Gasteiger charge is 2.45. The van der Waals surface area contributed by atoms with Crippen molar-refractivity contribution in [2.45, 2.75) is 44.8 Å². The minimum atomic E-state index is 0.00697. The molecule has 6 nitrogen and oxygen atoms in total. The second-order valence-electron chi connectivity index (χ2n) is 9.07. The second-order valence-corrected chi connectivity index (χ2v) is 9.07. The van der Waals surface area contributed by atoms with E-state index in [1.165, 1.54) is 18.4 Å². The topological polar surface area (TPSA) is 59.4 Å². The summed E-state index contributed by atoms with van der Waals surface area (Å²) in [6.07, 6.45) is 8.89. The van der Waals surface area contributed by atoms with Gasteiger partial charge in [-0.2, -0.15) is 5.10 Å². The van der Waals surface area contributed by atoms with Crippen LogP contribution < -0.4 is 5.32 Å². The Kier molecular flexibility index (Phi) is 5.04.